The molecule has 0 aliphatic rings. The van der Waals surface area contributed by atoms with Crippen LogP contribution in [-0.2, 0) is 16.3 Å². The Balaban J connectivity index is 0.000000921. The topological polar surface area (TPSA) is 0 Å². The van der Waals surface area contributed by atoms with Gasteiger partial charge in [-0.15, -0.1) is 4.90 Å². The first kappa shape index (κ1) is 15.7. The van der Waals surface area contributed by atoms with Crippen molar-refractivity contribution in [2.75, 3.05) is 5.75 Å². The summed E-state index contributed by atoms with van der Waals surface area (Å²) in [5, 5.41) is 0. The molecule has 1 aromatic carbocycles. The molecule has 0 aromatic heterocycles. The monoisotopic (exact) mass is 336 g/mol. The molecule has 15 heavy (non-hydrogen) atoms. The van der Waals surface area contributed by atoms with Crippen LogP contribution < -0.4 is 0 Å². The van der Waals surface area contributed by atoms with Gasteiger partial charge in [-0.05, 0) is 12.2 Å². The summed E-state index contributed by atoms with van der Waals surface area (Å²) < 4.78 is 0. The summed E-state index contributed by atoms with van der Waals surface area (Å²) in [6, 6.07) is 11.3. The average Bonchev–Trinajstić information content (AvgIpc) is 2.33. The molecule has 0 nitrogen and oxygen atoms in total. The van der Waals surface area contributed by atoms with Crippen molar-refractivity contribution >= 4 is 25.4 Å². The van der Waals surface area contributed by atoms with E-state index in [-0.39, 0.29) is 0 Å². The summed E-state index contributed by atoms with van der Waals surface area (Å²) in [7, 11) is 0. The molecule has 0 amide bonds. The first-order chi connectivity index (χ1) is 7.43. The molecule has 1 aromatic rings. The minimum absolute atomic E-state index is 1.19. The van der Waals surface area contributed by atoms with Gasteiger partial charge in [0, 0.05) is 0 Å². The predicted octanol–water partition coefficient (Wildman–Crippen LogP) is 5.00. The van der Waals surface area contributed by atoms with Gasteiger partial charge in [0.05, 0.1) is 0 Å². The average molecular weight is 339 g/mol. The Morgan fingerprint density at radius 3 is 2.73 bits per heavy atom. The summed E-state index contributed by atoms with van der Waals surface area (Å²) in [5.74, 6) is 1.25. The van der Waals surface area contributed by atoms with E-state index in [9.17, 15) is 0 Å². The zero-order chi connectivity index (χ0) is 11.4. The predicted molar refractivity (Wildman–Crippen MR) is 69.1 cm³/mol. The molecular weight excluding hydrogens is 321 g/mol. The van der Waals surface area contributed by atoms with Crippen molar-refractivity contribution in [3.8, 4) is 0 Å². The van der Waals surface area contributed by atoms with E-state index in [0.717, 1.165) is 0 Å². The van der Waals surface area contributed by atoms with Crippen LogP contribution in [0.3, 0.4) is 0 Å². The van der Waals surface area contributed by atoms with E-state index < -0.39 is 0 Å². The van der Waals surface area contributed by atoms with Crippen LogP contribution in [0.25, 0.3) is 0 Å². The number of rotatable bonds is 6. The van der Waals surface area contributed by atoms with Crippen molar-refractivity contribution in [2.45, 2.75) is 37.5 Å². The molecule has 0 radical (unpaired) electrons. The van der Waals surface area contributed by atoms with E-state index >= 15 is 0 Å². The third kappa shape index (κ3) is 9.59. The number of unbranched alkanes of at least 4 members (excludes halogenated alkanes) is 3. The fourth-order valence-electron chi connectivity index (χ4n) is 1.19. The van der Waals surface area contributed by atoms with Gasteiger partial charge in [-0.2, -0.15) is 42.1 Å². The zero-order valence-corrected chi connectivity index (χ0v) is 14.7. The van der Waals surface area contributed by atoms with Crippen LogP contribution in [0.4, 0.5) is 0 Å². The van der Waals surface area contributed by atoms with Crippen molar-refractivity contribution in [2.24, 2.45) is 0 Å². The Morgan fingerprint density at radius 2 is 2.13 bits per heavy atom. The van der Waals surface area contributed by atoms with Crippen LogP contribution in [-0.4, -0.2) is 5.75 Å². The standard InChI is InChI=1S/C12H17S.BrH.Zn/c1-2-3-4-8-11-13-12-9-6-5-7-10-12;;/h5-6,9-10H,2-4,8,11H2,1H3;1H;/q-1;;+2/p-1. The van der Waals surface area contributed by atoms with Crippen LogP contribution >= 0.6 is 25.4 Å². The van der Waals surface area contributed by atoms with Crippen molar-refractivity contribution < 1.29 is 16.3 Å². The Bertz CT molecular complexity index is 216. The van der Waals surface area contributed by atoms with Crippen LogP contribution in [0.1, 0.15) is 32.6 Å². The van der Waals surface area contributed by atoms with E-state index in [1.54, 1.807) is 0 Å². The Hall–Kier alpha value is 0.673. The van der Waals surface area contributed by atoms with Gasteiger partial charge in [0.2, 0.25) is 0 Å². The van der Waals surface area contributed by atoms with E-state index in [1.807, 2.05) is 23.9 Å². The number of thioether (sulfide) groups is 1. The van der Waals surface area contributed by atoms with E-state index in [1.165, 1.54) is 52.7 Å². The van der Waals surface area contributed by atoms with Crippen molar-refractivity contribution in [3.63, 3.8) is 0 Å². The van der Waals surface area contributed by atoms with Gasteiger partial charge in [-0.3, -0.25) is 0 Å². The Labute approximate surface area is 115 Å². The molecule has 0 unspecified atom stereocenters. The fourth-order valence-corrected chi connectivity index (χ4v) is 2.10. The van der Waals surface area contributed by atoms with Crippen molar-refractivity contribution in [1.82, 2.24) is 0 Å². The molecule has 0 spiro atoms. The fraction of sp³-hybridized carbons (Fsp3) is 0.500. The molecular formula is C12H17BrSZn. The second kappa shape index (κ2) is 12.7. The number of hydrogen-bond acceptors (Lipinski definition) is 1. The number of benzene rings is 1. The molecule has 0 aliphatic heterocycles. The van der Waals surface area contributed by atoms with Crippen LogP contribution in [0.15, 0.2) is 29.2 Å². The maximum absolute atomic E-state index is 3.09. The Kier molecular flexibility index (Phi) is 13.3. The van der Waals surface area contributed by atoms with Gasteiger partial charge in [-0.1, -0.05) is 26.2 Å². The third-order valence-electron chi connectivity index (χ3n) is 1.95. The van der Waals surface area contributed by atoms with Crippen molar-refractivity contribution in [3.05, 3.63) is 30.3 Å². The summed E-state index contributed by atoms with van der Waals surface area (Å²) in [6.07, 6.45) is 5.42. The van der Waals surface area contributed by atoms with E-state index in [2.05, 4.69) is 38.7 Å². The van der Waals surface area contributed by atoms with Gasteiger partial charge in [0.25, 0.3) is 0 Å². The normalized spacial score (nSPS) is 9.33. The molecule has 0 aliphatic carbocycles. The molecule has 80 valence electrons. The zero-order valence-electron chi connectivity index (χ0n) is 9.34. The van der Waals surface area contributed by atoms with Crippen LogP contribution in [0.5, 0.6) is 0 Å². The molecule has 3 heteroatoms. The first-order valence-corrected chi connectivity index (χ1v) is 13.2. The molecule has 0 N–H and O–H groups in total. The van der Waals surface area contributed by atoms with Gasteiger partial charge in [0.15, 0.2) is 0 Å². The summed E-state index contributed by atoms with van der Waals surface area (Å²) >= 11 is 6.19. The molecule has 0 bridgehead atoms. The van der Waals surface area contributed by atoms with E-state index in [0.29, 0.717) is 0 Å². The molecule has 0 saturated carbocycles. The second-order valence-corrected chi connectivity index (χ2v) is 4.32. The molecule has 0 saturated heterocycles. The molecule has 0 atom stereocenters. The van der Waals surface area contributed by atoms with Gasteiger partial charge in [0.1, 0.15) is 0 Å². The quantitative estimate of drug-likeness (QED) is 0.304. The summed E-state index contributed by atoms with van der Waals surface area (Å²) in [4.78, 5) is 1.35. The maximum atomic E-state index is 3.09. The molecule has 0 fully saturated rings. The van der Waals surface area contributed by atoms with E-state index in [4.69, 9.17) is 0 Å². The minimum atomic E-state index is 1.19. The number of hydrogen-bond donors (Lipinski definition) is 0. The third-order valence-corrected chi connectivity index (χ3v) is 3.03. The van der Waals surface area contributed by atoms with Gasteiger partial charge in [-0.25, -0.2) is 0 Å². The first-order valence-electron chi connectivity index (χ1n) is 5.29. The number of halogens is 1. The SMILES string of the molecule is CCCCCCSc1c[c-]ccc1.[Zn+][Br]. The Morgan fingerprint density at radius 1 is 1.33 bits per heavy atom. The van der Waals surface area contributed by atoms with Crippen LogP contribution in [0.2, 0.25) is 0 Å². The van der Waals surface area contributed by atoms with Crippen LogP contribution in [0, 0.1) is 6.07 Å². The van der Waals surface area contributed by atoms with Crippen molar-refractivity contribution in [1.29, 1.82) is 0 Å². The second-order valence-electron chi connectivity index (χ2n) is 3.15. The van der Waals surface area contributed by atoms with Gasteiger partial charge < -0.3 is 0 Å². The molecule has 1 rings (SSSR count). The summed E-state index contributed by atoms with van der Waals surface area (Å²) in [6.45, 7) is 2.25. The van der Waals surface area contributed by atoms with Gasteiger partial charge >= 0.3 is 30.0 Å². The molecule has 0 heterocycles. The summed E-state index contributed by atoms with van der Waals surface area (Å²) in [5.41, 5.74) is 0.